The van der Waals surface area contributed by atoms with Crippen molar-refractivity contribution >= 4 is 15.9 Å². The molecule has 0 amide bonds. The first-order valence-electron chi connectivity index (χ1n) is 5.49. The maximum atomic E-state index is 9.72. The van der Waals surface area contributed by atoms with Crippen LogP contribution in [0.5, 0.6) is 5.75 Å². The largest absolute Gasteiger partial charge is 0.508 e. The van der Waals surface area contributed by atoms with E-state index in [2.05, 4.69) is 15.9 Å². The van der Waals surface area contributed by atoms with Crippen LogP contribution in [0.3, 0.4) is 0 Å². The Balaban J connectivity index is 2.46. The monoisotopic (exact) mass is 291 g/mol. The number of phenolic OH excluding ortho intramolecular Hbond substituents is 1. The normalized spacial score (nSPS) is 10.5. The highest BCUT2D eigenvalue weighted by Gasteiger charge is 2.06. The van der Waals surface area contributed by atoms with Gasteiger partial charge in [0.2, 0.25) is 0 Å². The van der Waals surface area contributed by atoms with Crippen molar-refractivity contribution in [3.05, 3.63) is 52.5 Å². The second-order valence-corrected chi connectivity index (χ2v) is 4.72. The third kappa shape index (κ3) is 2.68. The van der Waals surface area contributed by atoms with Gasteiger partial charge in [0.15, 0.2) is 0 Å². The van der Waals surface area contributed by atoms with Crippen molar-refractivity contribution in [3.8, 4) is 16.9 Å². The smallest absolute Gasteiger partial charge is 0.118 e. The number of nitrogens with two attached hydrogens (primary N) is 1. The lowest BCUT2D eigenvalue weighted by molar-refractivity contribution is 0.468. The summed E-state index contributed by atoms with van der Waals surface area (Å²) in [5.74, 6) is 0.311. The van der Waals surface area contributed by atoms with Crippen LogP contribution in [0.1, 0.15) is 5.56 Å². The fraction of sp³-hybridized carbons (Fsp3) is 0.143. The SMILES string of the molecule is NCCc1cc(-c2ccccc2Br)ccc1O. The summed E-state index contributed by atoms with van der Waals surface area (Å²) in [6.07, 6.45) is 0.685. The second kappa shape index (κ2) is 5.34. The Morgan fingerprint density at radius 2 is 1.88 bits per heavy atom. The number of hydrogen-bond donors (Lipinski definition) is 2. The van der Waals surface area contributed by atoms with Crippen molar-refractivity contribution in [3.63, 3.8) is 0 Å². The van der Waals surface area contributed by atoms with Crippen molar-refractivity contribution in [1.82, 2.24) is 0 Å². The van der Waals surface area contributed by atoms with E-state index in [-0.39, 0.29) is 0 Å². The van der Waals surface area contributed by atoms with Gasteiger partial charge in [-0.3, -0.25) is 0 Å². The maximum Gasteiger partial charge on any atom is 0.118 e. The van der Waals surface area contributed by atoms with Gasteiger partial charge in [-0.1, -0.05) is 40.2 Å². The van der Waals surface area contributed by atoms with E-state index in [0.29, 0.717) is 18.7 Å². The molecule has 0 radical (unpaired) electrons. The van der Waals surface area contributed by atoms with Gasteiger partial charge in [0.05, 0.1) is 0 Å². The van der Waals surface area contributed by atoms with Crippen LogP contribution >= 0.6 is 15.9 Å². The summed E-state index contributed by atoms with van der Waals surface area (Å²) in [6, 6.07) is 13.6. The zero-order valence-electron chi connectivity index (χ0n) is 9.36. The Morgan fingerprint density at radius 1 is 1.12 bits per heavy atom. The second-order valence-electron chi connectivity index (χ2n) is 3.86. The molecule has 0 heterocycles. The van der Waals surface area contributed by atoms with Gasteiger partial charge in [0, 0.05) is 4.47 Å². The van der Waals surface area contributed by atoms with Gasteiger partial charge < -0.3 is 10.8 Å². The standard InChI is InChI=1S/C14H14BrNO/c15-13-4-2-1-3-12(13)10-5-6-14(17)11(9-10)7-8-16/h1-6,9,17H,7-8,16H2. The molecule has 17 heavy (non-hydrogen) atoms. The van der Waals surface area contributed by atoms with Crippen molar-refractivity contribution in [1.29, 1.82) is 0 Å². The van der Waals surface area contributed by atoms with E-state index in [0.717, 1.165) is 21.2 Å². The maximum absolute atomic E-state index is 9.72. The van der Waals surface area contributed by atoms with Gasteiger partial charge in [-0.05, 0) is 47.9 Å². The molecule has 0 aliphatic heterocycles. The lowest BCUT2D eigenvalue weighted by Gasteiger charge is -2.08. The molecular formula is C14H14BrNO. The Bertz CT molecular complexity index is 525. The molecule has 0 saturated heterocycles. The lowest BCUT2D eigenvalue weighted by atomic mass is 10.0. The number of aromatic hydroxyl groups is 1. The predicted octanol–water partition coefficient (Wildman–Crippen LogP) is 3.32. The van der Waals surface area contributed by atoms with E-state index in [9.17, 15) is 5.11 Å². The summed E-state index contributed by atoms with van der Waals surface area (Å²) in [5.41, 5.74) is 8.62. The molecule has 0 saturated carbocycles. The molecule has 0 fully saturated rings. The van der Waals surface area contributed by atoms with Crippen LogP contribution in [0.25, 0.3) is 11.1 Å². The zero-order valence-corrected chi connectivity index (χ0v) is 10.9. The molecule has 2 rings (SSSR count). The molecule has 88 valence electrons. The van der Waals surface area contributed by atoms with E-state index < -0.39 is 0 Å². The number of rotatable bonds is 3. The Labute approximate surface area is 109 Å². The van der Waals surface area contributed by atoms with Crippen LogP contribution in [-0.4, -0.2) is 11.7 Å². The molecule has 2 aromatic carbocycles. The van der Waals surface area contributed by atoms with Crippen molar-refractivity contribution in [2.75, 3.05) is 6.54 Å². The molecule has 2 nitrogen and oxygen atoms in total. The Morgan fingerprint density at radius 3 is 2.59 bits per heavy atom. The molecule has 3 N–H and O–H groups in total. The van der Waals surface area contributed by atoms with Crippen molar-refractivity contribution in [2.24, 2.45) is 5.73 Å². The minimum Gasteiger partial charge on any atom is -0.508 e. The molecule has 0 aromatic heterocycles. The van der Waals surface area contributed by atoms with Crippen LogP contribution in [0.15, 0.2) is 46.9 Å². The van der Waals surface area contributed by atoms with Gasteiger partial charge in [-0.15, -0.1) is 0 Å². The fourth-order valence-corrected chi connectivity index (χ4v) is 2.32. The Hall–Kier alpha value is -1.32. The molecule has 2 aromatic rings. The first kappa shape index (κ1) is 12.1. The zero-order chi connectivity index (χ0) is 12.3. The fourth-order valence-electron chi connectivity index (χ4n) is 1.80. The molecular weight excluding hydrogens is 278 g/mol. The van der Waals surface area contributed by atoms with Crippen LogP contribution in [0.2, 0.25) is 0 Å². The minimum absolute atomic E-state index is 0.311. The highest BCUT2D eigenvalue weighted by atomic mass is 79.9. The Kier molecular flexibility index (Phi) is 3.82. The van der Waals surface area contributed by atoms with Gasteiger partial charge in [0.1, 0.15) is 5.75 Å². The summed E-state index contributed by atoms with van der Waals surface area (Å²) in [4.78, 5) is 0. The average Bonchev–Trinajstić information content (AvgIpc) is 2.33. The topological polar surface area (TPSA) is 46.2 Å². The molecule has 0 bridgehead atoms. The van der Waals surface area contributed by atoms with Gasteiger partial charge in [-0.2, -0.15) is 0 Å². The summed E-state index contributed by atoms with van der Waals surface area (Å²) in [7, 11) is 0. The van der Waals surface area contributed by atoms with Crippen molar-refractivity contribution in [2.45, 2.75) is 6.42 Å². The van der Waals surface area contributed by atoms with Crippen molar-refractivity contribution < 1.29 is 5.11 Å². The summed E-state index contributed by atoms with van der Waals surface area (Å²) < 4.78 is 1.05. The van der Waals surface area contributed by atoms with E-state index in [4.69, 9.17) is 5.73 Å². The lowest BCUT2D eigenvalue weighted by Crippen LogP contribution is -2.02. The van der Waals surface area contributed by atoms with E-state index >= 15 is 0 Å². The van der Waals surface area contributed by atoms with Gasteiger partial charge in [-0.25, -0.2) is 0 Å². The van der Waals surface area contributed by atoms with E-state index in [1.165, 1.54) is 0 Å². The first-order chi connectivity index (χ1) is 8.22. The van der Waals surface area contributed by atoms with E-state index in [1.54, 1.807) is 6.07 Å². The predicted molar refractivity (Wildman–Crippen MR) is 74.0 cm³/mol. The van der Waals surface area contributed by atoms with Gasteiger partial charge >= 0.3 is 0 Å². The minimum atomic E-state index is 0.311. The number of halogens is 1. The van der Waals surface area contributed by atoms with Crippen LogP contribution < -0.4 is 5.73 Å². The molecule has 0 atom stereocenters. The highest BCUT2D eigenvalue weighted by Crippen LogP contribution is 2.31. The summed E-state index contributed by atoms with van der Waals surface area (Å²) in [5, 5.41) is 9.72. The third-order valence-corrected chi connectivity index (χ3v) is 3.37. The van der Waals surface area contributed by atoms with Gasteiger partial charge in [0.25, 0.3) is 0 Å². The third-order valence-electron chi connectivity index (χ3n) is 2.68. The summed E-state index contributed by atoms with van der Waals surface area (Å²) in [6.45, 7) is 0.535. The molecule has 0 aliphatic rings. The summed E-state index contributed by atoms with van der Waals surface area (Å²) >= 11 is 3.53. The first-order valence-corrected chi connectivity index (χ1v) is 6.28. The van der Waals surface area contributed by atoms with E-state index in [1.807, 2.05) is 36.4 Å². The molecule has 0 unspecified atom stereocenters. The average molecular weight is 292 g/mol. The number of benzene rings is 2. The van der Waals surface area contributed by atoms with Crippen LogP contribution in [0, 0.1) is 0 Å². The number of phenols is 1. The molecule has 0 aliphatic carbocycles. The molecule has 3 heteroatoms. The highest BCUT2D eigenvalue weighted by molar-refractivity contribution is 9.10. The molecule has 0 spiro atoms. The van der Waals surface area contributed by atoms with Crippen LogP contribution in [0.4, 0.5) is 0 Å². The number of hydrogen-bond acceptors (Lipinski definition) is 2. The van der Waals surface area contributed by atoms with Crippen LogP contribution in [-0.2, 0) is 6.42 Å². The quantitative estimate of drug-likeness (QED) is 0.911.